The van der Waals surface area contributed by atoms with Crippen LogP contribution in [0, 0.1) is 0 Å². The summed E-state index contributed by atoms with van der Waals surface area (Å²) >= 11 is 6.98. The lowest BCUT2D eigenvalue weighted by Gasteiger charge is -2.00. The lowest BCUT2D eigenvalue weighted by Crippen LogP contribution is -2.17. The Labute approximate surface area is 83.5 Å². The minimum Gasteiger partial charge on any atom is -0.327 e. The Morgan fingerprint density at radius 1 is 1.73 bits per heavy atom. The molecule has 1 unspecified atom stereocenters. The third-order valence-corrected chi connectivity index (χ3v) is 4.17. The van der Waals surface area contributed by atoms with E-state index in [1.165, 1.54) is 8.00 Å². The maximum atomic E-state index is 5.62. The molecule has 11 heavy (non-hydrogen) atoms. The van der Waals surface area contributed by atoms with Crippen molar-refractivity contribution in [3.63, 3.8) is 0 Å². The average Bonchev–Trinajstić information content (AvgIpc) is 2.31. The van der Waals surface area contributed by atoms with Gasteiger partial charge in [-0.3, -0.25) is 0 Å². The maximum absolute atomic E-state index is 5.62. The number of rotatable bonds is 3. The minimum atomic E-state index is 0.279. The van der Waals surface area contributed by atoms with Crippen molar-refractivity contribution in [2.75, 3.05) is 5.75 Å². The van der Waals surface area contributed by atoms with Gasteiger partial charge in [0, 0.05) is 11.8 Å². The highest BCUT2D eigenvalue weighted by molar-refractivity contribution is 9.11. The smallest absolute Gasteiger partial charge is 0.0710 e. The Morgan fingerprint density at radius 3 is 2.91 bits per heavy atom. The van der Waals surface area contributed by atoms with Gasteiger partial charge >= 0.3 is 0 Å². The van der Waals surface area contributed by atoms with Crippen LogP contribution >= 0.6 is 39.0 Å². The van der Waals surface area contributed by atoms with E-state index >= 15 is 0 Å². The molecule has 0 saturated carbocycles. The summed E-state index contributed by atoms with van der Waals surface area (Å²) in [7, 11) is 0. The zero-order valence-electron chi connectivity index (χ0n) is 6.21. The Hall–Kier alpha value is 0.490. The van der Waals surface area contributed by atoms with E-state index in [4.69, 9.17) is 5.73 Å². The molecule has 2 N–H and O–H groups in total. The van der Waals surface area contributed by atoms with Gasteiger partial charge in [-0.05, 0) is 35.0 Å². The monoisotopic (exact) mass is 251 g/mol. The van der Waals surface area contributed by atoms with Gasteiger partial charge in [-0.25, -0.2) is 0 Å². The summed E-state index contributed by atoms with van der Waals surface area (Å²) in [5.41, 5.74) is 5.62. The lowest BCUT2D eigenvalue weighted by molar-refractivity contribution is 0.848. The number of hydrogen-bond donors (Lipinski definition) is 1. The quantitative estimate of drug-likeness (QED) is 0.837. The fraction of sp³-hybridized carbons (Fsp3) is 0.429. The molecule has 0 bridgehead atoms. The molecule has 1 nitrogen and oxygen atoms in total. The SMILES string of the molecule is CC(N)CSc1ccc(Br)s1. The fourth-order valence-electron chi connectivity index (χ4n) is 0.589. The molecule has 62 valence electrons. The van der Waals surface area contributed by atoms with Gasteiger partial charge in [-0.2, -0.15) is 0 Å². The van der Waals surface area contributed by atoms with E-state index in [0.717, 1.165) is 5.75 Å². The van der Waals surface area contributed by atoms with Crippen molar-refractivity contribution in [2.45, 2.75) is 17.2 Å². The molecule has 1 heterocycles. The zero-order valence-corrected chi connectivity index (χ0v) is 9.43. The summed E-state index contributed by atoms with van der Waals surface area (Å²) in [5.74, 6) is 0.993. The molecule has 0 aliphatic carbocycles. The number of thioether (sulfide) groups is 1. The fourth-order valence-corrected chi connectivity index (χ4v) is 3.33. The summed E-state index contributed by atoms with van der Waals surface area (Å²) in [5, 5.41) is 0. The molecular weight excluding hydrogens is 242 g/mol. The van der Waals surface area contributed by atoms with Gasteiger partial charge in [0.2, 0.25) is 0 Å². The first-order valence-electron chi connectivity index (χ1n) is 3.32. The van der Waals surface area contributed by atoms with E-state index < -0.39 is 0 Å². The molecule has 0 saturated heterocycles. The molecule has 0 aromatic carbocycles. The van der Waals surface area contributed by atoms with Crippen molar-refractivity contribution in [1.29, 1.82) is 0 Å². The summed E-state index contributed by atoms with van der Waals surface area (Å²) in [6.45, 7) is 2.02. The summed E-state index contributed by atoms with van der Waals surface area (Å²) in [4.78, 5) is 0. The van der Waals surface area contributed by atoms with Crippen LogP contribution in [0.4, 0.5) is 0 Å². The van der Waals surface area contributed by atoms with Crippen LogP contribution in [0.5, 0.6) is 0 Å². The van der Waals surface area contributed by atoms with E-state index in [-0.39, 0.29) is 6.04 Å². The highest BCUT2D eigenvalue weighted by Crippen LogP contribution is 2.30. The molecule has 0 amide bonds. The molecule has 1 aromatic rings. The van der Waals surface area contributed by atoms with Crippen LogP contribution in [0.1, 0.15) is 6.92 Å². The van der Waals surface area contributed by atoms with Crippen molar-refractivity contribution in [3.8, 4) is 0 Å². The Bertz CT molecular complexity index is 222. The van der Waals surface area contributed by atoms with E-state index in [0.29, 0.717) is 0 Å². The first kappa shape index (κ1) is 9.58. The Balaban J connectivity index is 2.39. The average molecular weight is 252 g/mol. The zero-order chi connectivity index (χ0) is 8.27. The predicted octanol–water partition coefficient (Wildman–Crippen LogP) is 2.95. The molecular formula is C7H10BrNS2. The second-order valence-corrected chi connectivity index (χ2v) is 6.13. The predicted molar refractivity (Wildman–Crippen MR) is 56.4 cm³/mol. The van der Waals surface area contributed by atoms with Crippen LogP contribution in [0.25, 0.3) is 0 Å². The number of halogens is 1. The molecule has 0 fully saturated rings. The van der Waals surface area contributed by atoms with Gasteiger partial charge in [0.15, 0.2) is 0 Å². The van der Waals surface area contributed by atoms with Gasteiger partial charge in [-0.15, -0.1) is 23.1 Å². The molecule has 1 aromatic heterocycles. The van der Waals surface area contributed by atoms with Crippen LogP contribution in [-0.4, -0.2) is 11.8 Å². The van der Waals surface area contributed by atoms with Crippen molar-refractivity contribution in [2.24, 2.45) is 5.73 Å². The minimum absolute atomic E-state index is 0.279. The van der Waals surface area contributed by atoms with E-state index in [1.807, 2.05) is 18.7 Å². The van der Waals surface area contributed by atoms with Crippen molar-refractivity contribution in [1.82, 2.24) is 0 Å². The first-order valence-corrected chi connectivity index (χ1v) is 5.91. The van der Waals surface area contributed by atoms with Gasteiger partial charge in [0.05, 0.1) is 8.00 Å². The number of hydrogen-bond acceptors (Lipinski definition) is 3. The third kappa shape index (κ3) is 3.60. The summed E-state index contributed by atoms with van der Waals surface area (Å²) in [6.07, 6.45) is 0. The van der Waals surface area contributed by atoms with E-state index in [9.17, 15) is 0 Å². The van der Waals surface area contributed by atoms with Crippen molar-refractivity contribution >= 4 is 39.0 Å². The van der Waals surface area contributed by atoms with E-state index in [2.05, 4.69) is 28.1 Å². The highest BCUT2D eigenvalue weighted by Gasteiger charge is 1.99. The normalized spacial score (nSPS) is 13.4. The Morgan fingerprint density at radius 2 is 2.45 bits per heavy atom. The molecule has 0 radical (unpaired) electrons. The second-order valence-electron chi connectivity index (χ2n) is 2.35. The van der Waals surface area contributed by atoms with Gasteiger partial charge in [0.25, 0.3) is 0 Å². The molecule has 0 aliphatic rings. The second kappa shape index (κ2) is 4.50. The van der Waals surface area contributed by atoms with Crippen LogP contribution in [0.3, 0.4) is 0 Å². The first-order chi connectivity index (χ1) is 5.18. The standard InChI is InChI=1S/C7H10BrNS2/c1-5(9)4-10-7-3-2-6(8)11-7/h2-3,5H,4,9H2,1H3. The summed E-state index contributed by atoms with van der Waals surface area (Å²) in [6, 6.07) is 4.46. The maximum Gasteiger partial charge on any atom is 0.0710 e. The van der Waals surface area contributed by atoms with Crippen molar-refractivity contribution < 1.29 is 0 Å². The number of thiophene rings is 1. The molecule has 0 aliphatic heterocycles. The van der Waals surface area contributed by atoms with Crippen LogP contribution in [0.15, 0.2) is 20.1 Å². The molecule has 4 heteroatoms. The van der Waals surface area contributed by atoms with Crippen LogP contribution in [0.2, 0.25) is 0 Å². The Kier molecular flexibility index (Phi) is 3.92. The lowest BCUT2D eigenvalue weighted by atomic mass is 10.4. The molecule has 0 spiro atoms. The van der Waals surface area contributed by atoms with Crippen LogP contribution in [-0.2, 0) is 0 Å². The van der Waals surface area contributed by atoms with Crippen molar-refractivity contribution in [3.05, 3.63) is 15.9 Å². The number of nitrogens with two attached hydrogens (primary N) is 1. The molecule has 1 atom stereocenters. The van der Waals surface area contributed by atoms with Gasteiger partial charge in [-0.1, -0.05) is 0 Å². The highest BCUT2D eigenvalue weighted by atomic mass is 79.9. The van der Waals surface area contributed by atoms with Gasteiger partial charge in [0.1, 0.15) is 0 Å². The van der Waals surface area contributed by atoms with Gasteiger partial charge < -0.3 is 5.73 Å². The molecule has 1 rings (SSSR count). The third-order valence-electron chi connectivity index (χ3n) is 1.04. The topological polar surface area (TPSA) is 26.0 Å². The summed E-state index contributed by atoms with van der Waals surface area (Å²) < 4.78 is 2.51. The van der Waals surface area contributed by atoms with Crippen LogP contribution < -0.4 is 5.73 Å². The largest absolute Gasteiger partial charge is 0.327 e. The van der Waals surface area contributed by atoms with E-state index in [1.54, 1.807) is 11.3 Å².